The number of phosphoric ester groups is 1. The van der Waals surface area contributed by atoms with E-state index in [0.29, 0.717) is 0 Å². The minimum atomic E-state index is -4.65. The molecule has 8 heteroatoms. The average Bonchev–Trinajstić information content (AvgIpc) is 2.64. The van der Waals surface area contributed by atoms with Crippen molar-refractivity contribution >= 4 is 13.7 Å². The molecule has 0 radical (unpaired) electrons. The van der Waals surface area contributed by atoms with Crippen molar-refractivity contribution in [2.24, 2.45) is 0 Å². The molecular formula is C21H42NO6P. The van der Waals surface area contributed by atoms with Crippen LogP contribution in [0.5, 0.6) is 0 Å². The van der Waals surface area contributed by atoms with E-state index in [4.69, 9.17) is 9.79 Å². The second-order valence-corrected chi connectivity index (χ2v) is 8.93. The number of nitrogens with one attached hydrogen (secondary N) is 1. The summed E-state index contributed by atoms with van der Waals surface area (Å²) in [7, 11) is -4.65. The molecule has 0 aliphatic rings. The Hall–Kier alpha value is -0.720. The summed E-state index contributed by atoms with van der Waals surface area (Å²) in [6, 6.07) is -0.904. The number of hydrogen-bond acceptors (Lipinski definition) is 4. The summed E-state index contributed by atoms with van der Waals surface area (Å²) >= 11 is 0. The second kappa shape index (κ2) is 18.1. The summed E-state index contributed by atoms with van der Waals surface area (Å²) in [6.07, 6.45) is 18.6. The molecule has 4 N–H and O–H groups in total. The van der Waals surface area contributed by atoms with Crippen molar-refractivity contribution in [3.05, 3.63) is 12.2 Å². The van der Waals surface area contributed by atoms with Crippen molar-refractivity contribution in [3.8, 4) is 0 Å². The van der Waals surface area contributed by atoms with Gasteiger partial charge in [-0.2, -0.15) is 0 Å². The maximum absolute atomic E-state index is 11.2. The maximum Gasteiger partial charge on any atom is 0.469 e. The second-order valence-electron chi connectivity index (χ2n) is 7.69. The zero-order valence-electron chi connectivity index (χ0n) is 18.2. The standard InChI is InChI=1S/C21H42NO6P/c1-3-4-5-6-7-8-9-10-11-12-13-14-15-16-17-21(24)20(22-19(2)23)18-28-29(25,26)27/h16-17,20-21,24H,3-15,18H2,1-2H3,(H,22,23)(H2,25,26,27)/b17-16+/t20-,21+/m0/s1. The summed E-state index contributed by atoms with van der Waals surface area (Å²) in [5.41, 5.74) is 0. The van der Waals surface area contributed by atoms with E-state index in [1.54, 1.807) is 6.08 Å². The van der Waals surface area contributed by atoms with E-state index in [2.05, 4.69) is 16.8 Å². The van der Waals surface area contributed by atoms with Crippen LogP contribution in [0.1, 0.15) is 97.3 Å². The summed E-state index contributed by atoms with van der Waals surface area (Å²) in [5, 5.41) is 12.6. The summed E-state index contributed by atoms with van der Waals surface area (Å²) in [6.45, 7) is 3.05. The molecule has 0 fully saturated rings. The highest BCUT2D eigenvalue weighted by Crippen LogP contribution is 2.35. The summed E-state index contributed by atoms with van der Waals surface area (Å²) in [4.78, 5) is 28.7. The maximum atomic E-state index is 11.2. The number of hydrogen-bond donors (Lipinski definition) is 4. The van der Waals surface area contributed by atoms with E-state index >= 15 is 0 Å². The zero-order chi connectivity index (χ0) is 22.0. The Balaban J connectivity index is 3.79. The van der Waals surface area contributed by atoms with Crippen molar-refractivity contribution in [1.29, 1.82) is 0 Å². The number of carbonyl (C=O) groups excluding carboxylic acids is 1. The third-order valence-corrected chi connectivity index (χ3v) is 5.27. The van der Waals surface area contributed by atoms with Gasteiger partial charge in [-0.15, -0.1) is 0 Å². The molecule has 0 heterocycles. The fourth-order valence-corrected chi connectivity index (χ4v) is 3.49. The van der Waals surface area contributed by atoms with Gasteiger partial charge < -0.3 is 20.2 Å². The quantitative estimate of drug-likeness (QED) is 0.134. The van der Waals surface area contributed by atoms with Gasteiger partial charge in [-0.05, 0) is 12.8 Å². The van der Waals surface area contributed by atoms with Gasteiger partial charge >= 0.3 is 7.82 Å². The summed E-state index contributed by atoms with van der Waals surface area (Å²) < 4.78 is 15.2. The number of amides is 1. The molecule has 0 aromatic heterocycles. The van der Waals surface area contributed by atoms with Gasteiger partial charge in [0.1, 0.15) is 0 Å². The van der Waals surface area contributed by atoms with Crippen LogP contribution in [0.2, 0.25) is 0 Å². The van der Waals surface area contributed by atoms with Crippen molar-refractivity contribution in [2.45, 2.75) is 109 Å². The molecule has 0 saturated heterocycles. The lowest BCUT2D eigenvalue weighted by Crippen LogP contribution is -2.44. The van der Waals surface area contributed by atoms with Gasteiger partial charge in [-0.3, -0.25) is 9.32 Å². The molecule has 7 nitrogen and oxygen atoms in total. The Labute approximate surface area is 176 Å². The van der Waals surface area contributed by atoms with Crippen molar-refractivity contribution < 1.29 is 28.8 Å². The molecule has 0 bridgehead atoms. The van der Waals surface area contributed by atoms with Gasteiger partial charge in [0.25, 0.3) is 0 Å². The first kappa shape index (κ1) is 28.3. The number of allylic oxidation sites excluding steroid dienone is 1. The molecule has 172 valence electrons. The minimum Gasteiger partial charge on any atom is -0.387 e. The first-order valence-electron chi connectivity index (χ1n) is 11.1. The fraction of sp³-hybridized carbons (Fsp3) is 0.857. The van der Waals surface area contributed by atoms with Gasteiger partial charge in [-0.1, -0.05) is 89.7 Å². The van der Waals surface area contributed by atoms with Crippen LogP contribution in [0.4, 0.5) is 0 Å². The van der Waals surface area contributed by atoms with Crippen LogP contribution in [0.15, 0.2) is 12.2 Å². The molecule has 1 amide bonds. The first-order valence-corrected chi connectivity index (χ1v) is 12.6. The molecule has 0 saturated carbocycles. The predicted octanol–water partition coefficient (Wildman–Crippen LogP) is 4.61. The van der Waals surface area contributed by atoms with Gasteiger partial charge in [0, 0.05) is 6.92 Å². The lowest BCUT2D eigenvalue weighted by molar-refractivity contribution is -0.120. The van der Waals surface area contributed by atoms with Crippen LogP contribution in [0.3, 0.4) is 0 Å². The van der Waals surface area contributed by atoms with Gasteiger partial charge in [0.2, 0.25) is 5.91 Å². The SMILES string of the molecule is CCCCCCCCCCCCCC/C=C/[C@@H](O)[C@H](COP(=O)(O)O)NC(C)=O. The van der Waals surface area contributed by atoms with Gasteiger partial charge in [-0.25, -0.2) is 4.57 Å². The number of rotatable bonds is 19. The molecule has 0 spiro atoms. The lowest BCUT2D eigenvalue weighted by Gasteiger charge is -2.21. The number of phosphoric acid groups is 1. The Morgan fingerprint density at radius 2 is 1.45 bits per heavy atom. The normalized spacial score (nSPS) is 14.2. The largest absolute Gasteiger partial charge is 0.469 e. The third kappa shape index (κ3) is 20.3. The average molecular weight is 436 g/mol. The fourth-order valence-electron chi connectivity index (χ4n) is 3.14. The lowest BCUT2D eigenvalue weighted by atomic mass is 10.0. The van der Waals surface area contributed by atoms with Gasteiger partial charge in [0.05, 0.1) is 18.8 Å². The number of unbranched alkanes of at least 4 members (excludes halogenated alkanes) is 12. The van der Waals surface area contributed by atoms with E-state index in [0.717, 1.165) is 19.3 Å². The van der Waals surface area contributed by atoms with Crippen LogP contribution in [-0.2, 0) is 13.9 Å². The van der Waals surface area contributed by atoms with E-state index in [1.165, 1.54) is 71.1 Å². The van der Waals surface area contributed by atoms with Crippen molar-refractivity contribution in [3.63, 3.8) is 0 Å². The molecule has 0 aromatic rings. The number of carbonyl (C=O) groups is 1. The molecule has 29 heavy (non-hydrogen) atoms. The number of aliphatic hydroxyl groups is 1. The molecule has 0 rings (SSSR count). The Kier molecular flexibility index (Phi) is 17.6. The monoisotopic (exact) mass is 435 g/mol. The van der Waals surface area contributed by atoms with Crippen LogP contribution >= 0.6 is 7.82 Å². The predicted molar refractivity (Wildman–Crippen MR) is 116 cm³/mol. The minimum absolute atomic E-state index is 0.405. The molecule has 0 aromatic carbocycles. The Bertz CT molecular complexity index is 480. The molecule has 0 unspecified atom stereocenters. The highest BCUT2D eigenvalue weighted by atomic mass is 31.2. The van der Waals surface area contributed by atoms with Crippen LogP contribution in [0, 0.1) is 0 Å². The van der Waals surface area contributed by atoms with Crippen molar-refractivity contribution in [2.75, 3.05) is 6.61 Å². The van der Waals surface area contributed by atoms with Crippen molar-refractivity contribution in [1.82, 2.24) is 5.32 Å². The van der Waals surface area contributed by atoms with Crippen LogP contribution < -0.4 is 5.32 Å². The topological polar surface area (TPSA) is 116 Å². The Morgan fingerprint density at radius 3 is 1.90 bits per heavy atom. The van der Waals surface area contributed by atoms with E-state index in [1.807, 2.05) is 6.08 Å². The first-order chi connectivity index (χ1) is 13.8. The molecular weight excluding hydrogens is 393 g/mol. The highest BCUT2D eigenvalue weighted by Gasteiger charge is 2.23. The third-order valence-electron chi connectivity index (χ3n) is 4.78. The van der Waals surface area contributed by atoms with E-state index in [9.17, 15) is 14.5 Å². The number of aliphatic hydroxyl groups excluding tert-OH is 1. The molecule has 0 aliphatic heterocycles. The highest BCUT2D eigenvalue weighted by molar-refractivity contribution is 7.46. The van der Waals surface area contributed by atoms with Crippen LogP contribution in [-0.4, -0.2) is 39.6 Å². The van der Waals surface area contributed by atoms with E-state index in [-0.39, 0.29) is 0 Å². The Morgan fingerprint density at radius 1 is 0.966 bits per heavy atom. The molecule has 2 atom stereocenters. The van der Waals surface area contributed by atoms with Crippen LogP contribution in [0.25, 0.3) is 0 Å². The van der Waals surface area contributed by atoms with E-state index < -0.39 is 32.5 Å². The van der Waals surface area contributed by atoms with Gasteiger partial charge in [0.15, 0.2) is 0 Å². The zero-order valence-corrected chi connectivity index (χ0v) is 19.1. The smallest absolute Gasteiger partial charge is 0.387 e. The molecule has 0 aliphatic carbocycles. The summed E-state index contributed by atoms with van der Waals surface area (Å²) in [5.74, 6) is -0.405.